The van der Waals surface area contributed by atoms with Crippen LogP contribution >= 0.6 is 0 Å². The molecule has 7 nitrogen and oxygen atoms in total. The van der Waals surface area contributed by atoms with E-state index in [0.717, 1.165) is 31.2 Å². The van der Waals surface area contributed by atoms with Gasteiger partial charge in [0, 0.05) is 29.5 Å². The Bertz CT molecular complexity index is 1040. The van der Waals surface area contributed by atoms with E-state index in [-0.39, 0.29) is 30.2 Å². The lowest BCUT2D eigenvalue weighted by molar-refractivity contribution is 0.158. The average Bonchev–Trinajstić information content (AvgIpc) is 3.10. The van der Waals surface area contributed by atoms with Crippen molar-refractivity contribution in [2.24, 2.45) is 16.3 Å². The first-order valence-corrected chi connectivity index (χ1v) is 11.5. The molecule has 32 heavy (non-hydrogen) atoms. The number of rotatable bonds is 7. The standard InChI is InChI=1S/C25H30N4O3/c1-15(2)31-21-7-6-16(12-17(21)14-26)24-28-23(29-32-24)19-4-3-5-20-18(19)8-9-25(20)13-22(25)27-10-11-30/h3,5-7,12,15,19,22-23,27,29-30H,4,8-11,13H2,1-2H3/t19?,22-,23?,25?/m0/s1. The van der Waals surface area contributed by atoms with Crippen LogP contribution in [0.2, 0.25) is 0 Å². The van der Waals surface area contributed by atoms with Gasteiger partial charge in [0.25, 0.3) is 0 Å². The van der Waals surface area contributed by atoms with Crippen LogP contribution in [0.1, 0.15) is 50.7 Å². The van der Waals surface area contributed by atoms with Crippen LogP contribution in [-0.2, 0) is 4.84 Å². The summed E-state index contributed by atoms with van der Waals surface area (Å²) < 4.78 is 5.72. The normalized spacial score (nSPS) is 30.3. The summed E-state index contributed by atoms with van der Waals surface area (Å²) in [6.07, 6.45) is 8.76. The molecule has 1 aromatic rings. The zero-order chi connectivity index (χ0) is 22.3. The van der Waals surface area contributed by atoms with Crippen LogP contribution in [0, 0.1) is 22.7 Å². The first-order chi connectivity index (χ1) is 15.6. The Labute approximate surface area is 188 Å². The van der Waals surface area contributed by atoms with E-state index >= 15 is 0 Å². The second-order valence-corrected chi connectivity index (χ2v) is 9.36. The molecule has 5 rings (SSSR count). The number of ether oxygens (including phenoxy) is 1. The predicted octanol–water partition coefficient (Wildman–Crippen LogP) is 2.96. The third-order valence-corrected chi connectivity index (χ3v) is 7.05. The monoisotopic (exact) mass is 434 g/mol. The highest BCUT2D eigenvalue weighted by Crippen LogP contribution is 2.63. The van der Waals surface area contributed by atoms with Gasteiger partial charge in [0.2, 0.25) is 5.90 Å². The van der Waals surface area contributed by atoms with Crippen LogP contribution in [0.15, 0.2) is 46.5 Å². The third kappa shape index (κ3) is 3.62. The summed E-state index contributed by atoms with van der Waals surface area (Å²) in [7, 11) is 0. The molecule has 1 aromatic carbocycles. The van der Waals surface area contributed by atoms with Crippen LogP contribution < -0.4 is 15.5 Å². The molecule has 0 radical (unpaired) electrons. The molecule has 0 amide bonds. The number of hydroxylamine groups is 1. The largest absolute Gasteiger partial charge is 0.490 e. The molecule has 4 atom stereocenters. The van der Waals surface area contributed by atoms with Gasteiger partial charge in [0.1, 0.15) is 18.0 Å². The fourth-order valence-electron chi connectivity index (χ4n) is 5.49. The molecule has 1 heterocycles. The van der Waals surface area contributed by atoms with Gasteiger partial charge in [0.15, 0.2) is 0 Å². The van der Waals surface area contributed by atoms with Gasteiger partial charge in [0.05, 0.1) is 18.3 Å². The number of nitrogens with one attached hydrogen (secondary N) is 2. The van der Waals surface area contributed by atoms with E-state index in [1.165, 1.54) is 11.1 Å². The minimum Gasteiger partial charge on any atom is -0.490 e. The van der Waals surface area contributed by atoms with Gasteiger partial charge < -0.3 is 20.0 Å². The lowest BCUT2D eigenvalue weighted by atomic mass is 9.84. The molecule has 0 aromatic heterocycles. The number of hydrogen-bond donors (Lipinski definition) is 3. The zero-order valence-electron chi connectivity index (χ0n) is 18.6. The fraction of sp³-hybridized carbons (Fsp3) is 0.520. The van der Waals surface area contributed by atoms with E-state index in [1.807, 2.05) is 26.0 Å². The molecular formula is C25H30N4O3. The van der Waals surface area contributed by atoms with Crippen molar-refractivity contribution in [2.75, 3.05) is 13.2 Å². The third-order valence-electron chi connectivity index (χ3n) is 7.05. The number of aliphatic imine (C=N–C) groups is 1. The van der Waals surface area contributed by atoms with Gasteiger partial charge in [-0.1, -0.05) is 17.7 Å². The highest BCUT2D eigenvalue weighted by atomic mass is 16.7. The van der Waals surface area contributed by atoms with Gasteiger partial charge in [-0.25, -0.2) is 4.99 Å². The number of aliphatic hydroxyl groups excluding tert-OH is 1. The van der Waals surface area contributed by atoms with E-state index in [9.17, 15) is 5.26 Å². The SMILES string of the molecule is CC(C)Oc1ccc(C2=NC(C3CC=CC4=C3CCC43C[C@@H]3NCCO)NO2)cc1C#N. The topological polar surface area (TPSA) is 98.9 Å². The quantitative estimate of drug-likeness (QED) is 0.610. The number of aliphatic hydroxyl groups is 1. The molecule has 1 fully saturated rings. The molecule has 0 bridgehead atoms. The molecule has 4 aliphatic rings. The molecule has 7 heteroatoms. The van der Waals surface area contributed by atoms with Crippen LogP contribution in [-0.4, -0.2) is 42.5 Å². The number of nitriles is 1. The molecule has 1 saturated carbocycles. The van der Waals surface area contributed by atoms with Gasteiger partial charge in [-0.2, -0.15) is 5.26 Å². The zero-order valence-corrected chi connectivity index (χ0v) is 18.6. The summed E-state index contributed by atoms with van der Waals surface area (Å²) in [5.74, 6) is 1.36. The maximum Gasteiger partial charge on any atom is 0.242 e. The van der Waals surface area contributed by atoms with E-state index in [2.05, 4.69) is 29.0 Å². The van der Waals surface area contributed by atoms with Crippen molar-refractivity contribution >= 4 is 5.90 Å². The smallest absolute Gasteiger partial charge is 0.242 e. The van der Waals surface area contributed by atoms with Crippen molar-refractivity contribution in [1.82, 2.24) is 10.8 Å². The molecule has 3 aliphatic carbocycles. The van der Waals surface area contributed by atoms with E-state index < -0.39 is 0 Å². The number of hydrogen-bond acceptors (Lipinski definition) is 7. The lowest BCUT2D eigenvalue weighted by Crippen LogP contribution is -2.32. The van der Waals surface area contributed by atoms with Crippen LogP contribution in [0.5, 0.6) is 5.75 Å². The molecule has 1 aliphatic heterocycles. The van der Waals surface area contributed by atoms with Crippen LogP contribution in [0.4, 0.5) is 0 Å². The maximum absolute atomic E-state index is 9.53. The van der Waals surface area contributed by atoms with Crippen molar-refractivity contribution in [2.45, 2.75) is 57.8 Å². The summed E-state index contributed by atoms with van der Waals surface area (Å²) in [5.41, 5.74) is 7.57. The summed E-state index contributed by atoms with van der Waals surface area (Å²) in [6.45, 7) is 4.71. The van der Waals surface area contributed by atoms with Crippen molar-refractivity contribution < 1.29 is 14.7 Å². The molecule has 3 N–H and O–H groups in total. The highest BCUT2D eigenvalue weighted by molar-refractivity contribution is 5.95. The fourth-order valence-corrected chi connectivity index (χ4v) is 5.49. The summed E-state index contributed by atoms with van der Waals surface area (Å²) in [4.78, 5) is 10.6. The molecule has 0 saturated heterocycles. The Kier molecular flexibility index (Phi) is 5.54. The van der Waals surface area contributed by atoms with E-state index in [1.54, 1.807) is 6.07 Å². The van der Waals surface area contributed by atoms with Crippen LogP contribution in [0.25, 0.3) is 0 Å². The molecule has 3 unspecified atom stereocenters. The lowest BCUT2D eigenvalue weighted by Gasteiger charge is -2.25. The van der Waals surface area contributed by atoms with Crippen molar-refractivity contribution in [1.29, 1.82) is 5.26 Å². The van der Waals surface area contributed by atoms with Crippen molar-refractivity contribution in [3.05, 3.63) is 52.6 Å². The Balaban J connectivity index is 1.35. The van der Waals surface area contributed by atoms with Gasteiger partial charge >= 0.3 is 0 Å². The minimum absolute atomic E-state index is 0.000467. The second-order valence-electron chi connectivity index (χ2n) is 9.36. The van der Waals surface area contributed by atoms with Gasteiger partial charge in [-0.3, -0.25) is 0 Å². The Morgan fingerprint density at radius 1 is 1.44 bits per heavy atom. The van der Waals surface area contributed by atoms with E-state index in [4.69, 9.17) is 19.7 Å². The number of allylic oxidation sites excluding steroid dienone is 2. The summed E-state index contributed by atoms with van der Waals surface area (Å²) in [6, 6.07) is 8.15. The highest BCUT2D eigenvalue weighted by Gasteiger charge is 2.59. The first-order valence-electron chi connectivity index (χ1n) is 11.5. The van der Waals surface area contributed by atoms with Crippen molar-refractivity contribution in [3.63, 3.8) is 0 Å². The molecule has 1 spiro atoms. The average molecular weight is 435 g/mol. The number of benzene rings is 1. The van der Waals surface area contributed by atoms with Gasteiger partial charge in [-0.05, 0) is 63.3 Å². The molecular weight excluding hydrogens is 404 g/mol. The van der Waals surface area contributed by atoms with Crippen LogP contribution in [0.3, 0.4) is 0 Å². The van der Waals surface area contributed by atoms with Crippen molar-refractivity contribution in [3.8, 4) is 11.8 Å². The maximum atomic E-state index is 9.53. The first kappa shape index (κ1) is 21.2. The Hall–Kier alpha value is -2.66. The second kappa shape index (κ2) is 8.36. The minimum atomic E-state index is -0.144. The van der Waals surface area contributed by atoms with Gasteiger partial charge in [-0.15, -0.1) is 5.48 Å². The summed E-state index contributed by atoms with van der Waals surface area (Å²) in [5, 5.41) is 22.2. The molecule has 168 valence electrons. The predicted molar refractivity (Wildman–Crippen MR) is 121 cm³/mol. The number of nitrogens with zero attached hydrogens (tertiary/aromatic N) is 2. The van der Waals surface area contributed by atoms with E-state index in [0.29, 0.717) is 29.8 Å². The number of fused-ring (bicyclic) bond motifs is 1. The summed E-state index contributed by atoms with van der Waals surface area (Å²) >= 11 is 0. The Morgan fingerprint density at radius 3 is 3.09 bits per heavy atom. The Morgan fingerprint density at radius 2 is 2.31 bits per heavy atom.